The lowest BCUT2D eigenvalue weighted by atomic mass is 9.63. The van der Waals surface area contributed by atoms with Crippen LogP contribution in [0.5, 0.6) is 0 Å². The highest BCUT2D eigenvalue weighted by Gasteiger charge is 2.57. The highest BCUT2D eigenvalue weighted by atomic mass is 16.2. The molecule has 1 amide bonds. The molecule has 1 aliphatic heterocycles. The third-order valence-electron chi connectivity index (χ3n) is 5.19. The van der Waals surface area contributed by atoms with Crippen molar-refractivity contribution in [3.8, 4) is 0 Å². The Balaban J connectivity index is 2.29. The molecule has 0 aromatic heterocycles. The first-order valence-electron chi connectivity index (χ1n) is 7.59. The van der Waals surface area contributed by atoms with Crippen LogP contribution in [0.25, 0.3) is 0 Å². The fourth-order valence-corrected chi connectivity index (χ4v) is 4.58. The van der Waals surface area contributed by atoms with Crippen LogP contribution in [0.3, 0.4) is 0 Å². The summed E-state index contributed by atoms with van der Waals surface area (Å²) >= 11 is 0. The van der Waals surface area contributed by atoms with E-state index in [1.807, 2.05) is 11.0 Å². The van der Waals surface area contributed by atoms with Crippen molar-refractivity contribution in [3.63, 3.8) is 0 Å². The molecule has 1 aliphatic carbocycles. The van der Waals surface area contributed by atoms with Gasteiger partial charge in [0.2, 0.25) is 5.91 Å². The molecular weight excluding hydrogens is 246 g/mol. The molecular formula is C18H23NO. The van der Waals surface area contributed by atoms with Crippen LogP contribution in [0.15, 0.2) is 36.4 Å². The molecule has 1 aromatic carbocycles. The van der Waals surface area contributed by atoms with Crippen LogP contribution in [0, 0.1) is 5.92 Å². The van der Waals surface area contributed by atoms with Gasteiger partial charge in [-0.25, -0.2) is 0 Å². The van der Waals surface area contributed by atoms with Crippen molar-refractivity contribution in [1.29, 1.82) is 0 Å². The van der Waals surface area contributed by atoms with Gasteiger partial charge in [-0.1, -0.05) is 44.2 Å². The Bertz CT molecular complexity index is 575. The summed E-state index contributed by atoms with van der Waals surface area (Å²) in [6.45, 7) is 10.5. The van der Waals surface area contributed by atoms with Gasteiger partial charge in [-0.2, -0.15) is 0 Å². The number of nitrogens with zero attached hydrogens (tertiary/aromatic N) is 1. The lowest BCUT2D eigenvalue weighted by Gasteiger charge is -2.50. The van der Waals surface area contributed by atoms with Crippen LogP contribution in [-0.4, -0.2) is 11.4 Å². The SMILES string of the molecule is C=C1CCCC2c3ccccc3N(C(C)=O)C12C(C)C. The molecule has 20 heavy (non-hydrogen) atoms. The minimum Gasteiger partial charge on any atom is -0.302 e. The highest BCUT2D eigenvalue weighted by molar-refractivity contribution is 5.97. The Morgan fingerprint density at radius 3 is 2.75 bits per heavy atom. The van der Waals surface area contributed by atoms with Gasteiger partial charge in [-0.3, -0.25) is 4.79 Å². The number of anilines is 1. The zero-order chi connectivity index (χ0) is 14.5. The second-order valence-electron chi connectivity index (χ2n) is 6.44. The largest absolute Gasteiger partial charge is 0.302 e. The molecule has 106 valence electrons. The molecule has 2 heteroatoms. The van der Waals surface area contributed by atoms with Crippen LogP contribution in [0.1, 0.15) is 51.5 Å². The number of fused-ring (bicyclic) bond motifs is 3. The van der Waals surface area contributed by atoms with Gasteiger partial charge in [0, 0.05) is 18.5 Å². The van der Waals surface area contributed by atoms with E-state index in [9.17, 15) is 4.79 Å². The van der Waals surface area contributed by atoms with E-state index in [1.54, 1.807) is 6.92 Å². The van der Waals surface area contributed by atoms with E-state index in [-0.39, 0.29) is 11.4 Å². The summed E-state index contributed by atoms with van der Waals surface area (Å²) in [4.78, 5) is 14.4. The number of hydrogen-bond donors (Lipinski definition) is 0. The van der Waals surface area contributed by atoms with Gasteiger partial charge in [0.15, 0.2) is 0 Å². The average molecular weight is 269 g/mol. The Hall–Kier alpha value is -1.57. The predicted octanol–water partition coefficient (Wildman–Crippen LogP) is 4.27. The minimum absolute atomic E-state index is 0.136. The van der Waals surface area contributed by atoms with Crippen LogP contribution in [-0.2, 0) is 4.79 Å². The lowest BCUT2D eigenvalue weighted by molar-refractivity contribution is -0.118. The van der Waals surface area contributed by atoms with E-state index < -0.39 is 0 Å². The number of carbonyl (C=O) groups excluding carboxylic acids is 1. The third kappa shape index (κ3) is 1.48. The number of rotatable bonds is 1. The maximum Gasteiger partial charge on any atom is 0.224 e. The van der Waals surface area contributed by atoms with Gasteiger partial charge in [0.1, 0.15) is 0 Å². The first kappa shape index (κ1) is 13.4. The van der Waals surface area contributed by atoms with E-state index in [2.05, 4.69) is 38.6 Å². The molecule has 2 nitrogen and oxygen atoms in total. The molecule has 1 fully saturated rings. The summed E-state index contributed by atoms with van der Waals surface area (Å²) < 4.78 is 0. The van der Waals surface area contributed by atoms with E-state index in [1.165, 1.54) is 17.6 Å². The summed E-state index contributed by atoms with van der Waals surface area (Å²) in [7, 11) is 0. The normalized spacial score (nSPS) is 28.5. The minimum atomic E-state index is -0.215. The molecule has 2 atom stereocenters. The number of carbonyl (C=O) groups is 1. The summed E-state index contributed by atoms with van der Waals surface area (Å²) in [6.07, 6.45) is 3.36. The zero-order valence-electron chi connectivity index (χ0n) is 12.6. The molecule has 3 rings (SSSR count). The topological polar surface area (TPSA) is 20.3 Å². The van der Waals surface area contributed by atoms with Gasteiger partial charge < -0.3 is 4.90 Å². The molecule has 0 N–H and O–H groups in total. The van der Waals surface area contributed by atoms with Crippen LogP contribution in [0.4, 0.5) is 5.69 Å². The highest BCUT2D eigenvalue weighted by Crippen LogP contribution is 2.59. The van der Waals surface area contributed by atoms with Gasteiger partial charge >= 0.3 is 0 Å². The zero-order valence-corrected chi connectivity index (χ0v) is 12.6. The average Bonchev–Trinajstić information content (AvgIpc) is 2.72. The summed E-state index contributed by atoms with van der Waals surface area (Å²) in [5.74, 6) is 0.914. The second kappa shape index (κ2) is 4.47. The second-order valence-corrected chi connectivity index (χ2v) is 6.44. The van der Waals surface area contributed by atoms with Crippen LogP contribution in [0.2, 0.25) is 0 Å². The third-order valence-corrected chi connectivity index (χ3v) is 5.19. The molecule has 0 saturated heterocycles. The van der Waals surface area contributed by atoms with Crippen molar-refractivity contribution in [3.05, 3.63) is 42.0 Å². The molecule has 2 aliphatic rings. The van der Waals surface area contributed by atoms with E-state index in [0.717, 1.165) is 18.5 Å². The van der Waals surface area contributed by atoms with Crippen molar-refractivity contribution in [1.82, 2.24) is 0 Å². The Morgan fingerprint density at radius 1 is 1.40 bits per heavy atom. The van der Waals surface area contributed by atoms with Crippen LogP contribution < -0.4 is 4.90 Å². The van der Waals surface area contributed by atoms with E-state index in [0.29, 0.717) is 11.8 Å². The molecule has 0 bridgehead atoms. The molecule has 0 spiro atoms. The Morgan fingerprint density at radius 2 is 2.10 bits per heavy atom. The molecule has 1 heterocycles. The van der Waals surface area contributed by atoms with Crippen molar-refractivity contribution in [2.45, 2.75) is 51.5 Å². The summed E-state index contributed by atoms with van der Waals surface area (Å²) in [6, 6.07) is 8.40. The Labute approximate surface area is 121 Å². The molecule has 1 saturated carbocycles. The van der Waals surface area contributed by atoms with Gasteiger partial charge in [0.25, 0.3) is 0 Å². The summed E-state index contributed by atoms with van der Waals surface area (Å²) in [5.41, 5.74) is 3.45. The lowest BCUT2D eigenvalue weighted by Crippen LogP contribution is -2.57. The number of benzene rings is 1. The fraction of sp³-hybridized carbons (Fsp3) is 0.500. The first-order chi connectivity index (χ1) is 9.51. The molecule has 0 radical (unpaired) electrons. The van der Waals surface area contributed by atoms with E-state index in [4.69, 9.17) is 0 Å². The fourth-order valence-electron chi connectivity index (χ4n) is 4.58. The predicted molar refractivity (Wildman–Crippen MR) is 82.9 cm³/mol. The van der Waals surface area contributed by atoms with Crippen molar-refractivity contribution >= 4 is 11.6 Å². The molecule has 2 unspecified atom stereocenters. The summed E-state index contributed by atoms with van der Waals surface area (Å²) in [5, 5.41) is 0. The molecule has 1 aromatic rings. The Kier molecular flexibility index (Phi) is 3.00. The van der Waals surface area contributed by atoms with Gasteiger partial charge in [-0.05, 0) is 36.8 Å². The monoisotopic (exact) mass is 269 g/mol. The van der Waals surface area contributed by atoms with Crippen molar-refractivity contribution < 1.29 is 4.79 Å². The quantitative estimate of drug-likeness (QED) is 0.697. The standard InChI is InChI=1S/C18H23NO/c1-12(2)18-13(3)8-7-10-16(18)15-9-5-6-11-17(15)19(18)14(4)20/h5-6,9,11-12,16H,3,7-8,10H2,1-2,4H3. The maximum absolute atomic E-state index is 12.4. The number of para-hydroxylation sites is 1. The van der Waals surface area contributed by atoms with Gasteiger partial charge in [-0.15, -0.1) is 0 Å². The maximum atomic E-state index is 12.4. The first-order valence-corrected chi connectivity index (χ1v) is 7.59. The van der Waals surface area contributed by atoms with Crippen LogP contribution >= 0.6 is 0 Å². The van der Waals surface area contributed by atoms with E-state index >= 15 is 0 Å². The number of amides is 1. The van der Waals surface area contributed by atoms with Gasteiger partial charge in [0.05, 0.1) is 5.54 Å². The smallest absolute Gasteiger partial charge is 0.224 e. The number of hydrogen-bond acceptors (Lipinski definition) is 1. The van der Waals surface area contributed by atoms with Crippen molar-refractivity contribution in [2.75, 3.05) is 4.90 Å². The van der Waals surface area contributed by atoms with Crippen molar-refractivity contribution in [2.24, 2.45) is 5.92 Å².